The molecule has 1 aromatic carbocycles. The van der Waals surface area contributed by atoms with E-state index in [9.17, 15) is 9.59 Å². The van der Waals surface area contributed by atoms with Crippen molar-refractivity contribution in [2.24, 2.45) is 5.92 Å². The third-order valence-electron chi connectivity index (χ3n) is 5.98. The highest BCUT2D eigenvalue weighted by Gasteiger charge is 2.23. The number of carbonyl (C=O) groups excluding carboxylic acids is 1. The topological polar surface area (TPSA) is 73.2 Å². The van der Waals surface area contributed by atoms with E-state index in [-0.39, 0.29) is 23.3 Å². The number of carbonyl (C=O) groups is 1. The van der Waals surface area contributed by atoms with Gasteiger partial charge in [0.05, 0.1) is 24.3 Å². The second-order valence-electron chi connectivity index (χ2n) is 8.26. The number of hydrogen-bond donors (Lipinski definition) is 1. The van der Waals surface area contributed by atoms with Crippen LogP contribution in [-0.4, -0.2) is 41.0 Å². The van der Waals surface area contributed by atoms with Crippen LogP contribution in [-0.2, 0) is 16.1 Å². The molecular weight excluding hydrogens is 442 g/mol. The van der Waals surface area contributed by atoms with Crippen LogP contribution in [0.15, 0.2) is 46.3 Å². The number of thioether (sulfide) groups is 1. The summed E-state index contributed by atoms with van der Waals surface area (Å²) in [4.78, 5) is 32.4. The van der Waals surface area contributed by atoms with Crippen LogP contribution in [0.1, 0.15) is 32.6 Å². The number of benzene rings is 1. The summed E-state index contributed by atoms with van der Waals surface area (Å²) in [6.07, 6.45) is 4.61. The first-order valence-electron chi connectivity index (χ1n) is 11.1. The zero-order valence-corrected chi connectivity index (χ0v) is 20.1. The van der Waals surface area contributed by atoms with E-state index < -0.39 is 0 Å². The predicted molar refractivity (Wildman–Crippen MR) is 131 cm³/mol. The Bertz CT molecular complexity index is 1130. The fourth-order valence-corrected chi connectivity index (χ4v) is 6.06. The molecule has 0 radical (unpaired) electrons. The van der Waals surface area contributed by atoms with E-state index in [0.717, 1.165) is 23.3 Å². The molecule has 0 unspecified atom stereocenters. The molecule has 0 saturated heterocycles. The number of rotatable bonds is 8. The molecule has 1 saturated carbocycles. The lowest BCUT2D eigenvalue weighted by Crippen LogP contribution is -2.42. The minimum absolute atomic E-state index is 0.00228. The van der Waals surface area contributed by atoms with Gasteiger partial charge in [0.2, 0.25) is 5.91 Å². The molecule has 170 valence electrons. The second kappa shape index (κ2) is 10.6. The monoisotopic (exact) mass is 471 g/mol. The van der Waals surface area contributed by atoms with Crippen LogP contribution in [0.25, 0.3) is 20.7 Å². The normalized spacial score (nSPS) is 18.7. The Hall–Kier alpha value is -2.16. The maximum atomic E-state index is 13.3. The van der Waals surface area contributed by atoms with Gasteiger partial charge in [-0.1, -0.05) is 61.9 Å². The van der Waals surface area contributed by atoms with Crippen molar-refractivity contribution < 1.29 is 9.53 Å². The maximum absolute atomic E-state index is 13.3. The van der Waals surface area contributed by atoms with Crippen LogP contribution < -0.4 is 10.9 Å². The van der Waals surface area contributed by atoms with E-state index in [1.807, 2.05) is 36.4 Å². The molecule has 1 amide bonds. The number of ether oxygens (including phenoxy) is 1. The minimum atomic E-state index is -0.0886. The van der Waals surface area contributed by atoms with Crippen LogP contribution in [0.3, 0.4) is 0 Å². The number of thiophene rings is 1. The second-order valence-corrected chi connectivity index (χ2v) is 10.2. The summed E-state index contributed by atoms with van der Waals surface area (Å²) < 4.78 is 6.84. The Morgan fingerprint density at radius 3 is 2.81 bits per heavy atom. The number of methoxy groups -OCH3 is 1. The van der Waals surface area contributed by atoms with Crippen molar-refractivity contribution in [2.45, 2.75) is 50.4 Å². The highest BCUT2D eigenvalue weighted by Crippen LogP contribution is 2.32. The number of fused-ring (bicyclic) bond motifs is 1. The van der Waals surface area contributed by atoms with Gasteiger partial charge in [0, 0.05) is 18.0 Å². The average molecular weight is 472 g/mol. The van der Waals surface area contributed by atoms with E-state index >= 15 is 0 Å². The Labute approximate surface area is 196 Å². The molecule has 2 heterocycles. The minimum Gasteiger partial charge on any atom is -0.383 e. The molecule has 1 aliphatic carbocycles. The third kappa shape index (κ3) is 5.24. The molecule has 3 aromatic rings. The Morgan fingerprint density at radius 1 is 1.28 bits per heavy atom. The lowest BCUT2D eigenvalue weighted by Gasteiger charge is -2.29. The molecule has 6 nitrogen and oxygen atoms in total. The largest absolute Gasteiger partial charge is 0.383 e. The van der Waals surface area contributed by atoms with Crippen molar-refractivity contribution in [2.75, 3.05) is 19.5 Å². The summed E-state index contributed by atoms with van der Waals surface area (Å²) in [7, 11) is 1.61. The first-order valence-corrected chi connectivity index (χ1v) is 12.9. The SMILES string of the molecule is COCCn1c(SCC(=O)N[C@H]2CCCC[C@@H]2C)nc2sc(-c3ccccc3)cc2c1=O. The van der Waals surface area contributed by atoms with Crippen molar-refractivity contribution in [1.29, 1.82) is 0 Å². The van der Waals surface area contributed by atoms with Crippen LogP contribution in [0.4, 0.5) is 0 Å². The number of nitrogens with one attached hydrogen (secondary N) is 1. The summed E-state index contributed by atoms with van der Waals surface area (Å²) in [5, 5.41) is 4.35. The van der Waals surface area contributed by atoms with E-state index in [4.69, 9.17) is 9.72 Å². The van der Waals surface area contributed by atoms with Crippen LogP contribution in [0.2, 0.25) is 0 Å². The van der Waals surface area contributed by atoms with Crippen LogP contribution in [0.5, 0.6) is 0 Å². The predicted octanol–water partition coefficient (Wildman–Crippen LogP) is 4.56. The molecule has 2 aromatic heterocycles. The molecule has 1 aliphatic rings. The average Bonchev–Trinajstić information content (AvgIpc) is 3.24. The standard InChI is InChI=1S/C24H29N3O3S2/c1-16-8-6-7-11-19(16)25-21(28)15-31-24-26-22-18(23(29)27(24)12-13-30-2)14-20(32-22)17-9-4-3-5-10-17/h3-5,9-10,14,16,19H,6-8,11-13,15H2,1-2H3,(H,25,28)/t16-,19-/m0/s1. The molecule has 4 rings (SSSR count). The van der Waals surface area contributed by atoms with Crippen molar-refractivity contribution >= 4 is 39.2 Å². The molecule has 1 fully saturated rings. The maximum Gasteiger partial charge on any atom is 0.263 e. The van der Waals surface area contributed by atoms with Gasteiger partial charge in [-0.15, -0.1) is 11.3 Å². The molecule has 0 aliphatic heterocycles. The molecule has 32 heavy (non-hydrogen) atoms. The lowest BCUT2D eigenvalue weighted by atomic mass is 9.86. The zero-order valence-electron chi connectivity index (χ0n) is 18.5. The van der Waals surface area contributed by atoms with Gasteiger partial charge in [0.25, 0.3) is 5.56 Å². The number of hydrogen-bond acceptors (Lipinski definition) is 6. The molecule has 8 heteroatoms. The van der Waals surface area contributed by atoms with E-state index in [0.29, 0.717) is 34.4 Å². The van der Waals surface area contributed by atoms with Crippen molar-refractivity contribution in [3.8, 4) is 10.4 Å². The summed E-state index contributed by atoms with van der Waals surface area (Å²) in [5.41, 5.74) is 0.975. The Balaban J connectivity index is 1.57. The molecule has 0 spiro atoms. The van der Waals surface area contributed by atoms with Crippen molar-refractivity contribution in [3.63, 3.8) is 0 Å². The van der Waals surface area contributed by atoms with Gasteiger partial charge in [0.15, 0.2) is 5.16 Å². The summed E-state index contributed by atoms with van der Waals surface area (Å²) in [6.45, 7) is 3.01. The first kappa shape index (κ1) is 23.0. The molecular formula is C24H29N3O3S2. The van der Waals surface area contributed by atoms with E-state index in [2.05, 4.69) is 12.2 Å². The van der Waals surface area contributed by atoms with Crippen molar-refractivity contribution in [1.82, 2.24) is 14.9 Å². The van der Waals surface area contributed by atoms with Gasteiger partial charge in [-0.25, -0.2) is 4.98 Å². The Morgan fingerprint density at radius 2 is 2.06 bits per heavy atom. The lowest BCUT2D eigenvalue weighted by molar-refractivity contribution is -0.119. The van der Waals surface area contributed by atoms with Crippen LogP contribution >= 0.6 is 23.1 Å². The smallest absolute Gasteiger partial charge is 0.263 e. The fraction of sp³-hybridized carbons (Fsp3) is 0.458. The highest BCUT2D eigenvalue weighted by atomic mass is 32.2. The summed E-state index contributed by atoms with van der Waals surface area (Å²) in [6, 6.07) is 12.2. The first-order chi connectivity index (χ1) is 15.6. The Kier molecular flexibility index (Phi) is 7.65. The third-order valence-corrected chi connectivity index (χ3v) is 8.04. The van der Waals surface area contributed by atoms with E-state index in [1.54, 1.807) is 11.7 Å². The van der Waals surface area contributed by atoms with Gasteiger partial charge in [-0.3, -0.25) is 14.2 Å². The number of aromatic nitrogens is 2. The fourth-order valence-electron chi connectivity index (χ4n) is 4.14. The van der Waals surface area contributed by atoms with Crippen molar-refractivity contribution in [3.05, 3.63) is 46.8 Å². The van der Waals surface area contributed by atoms with Crippen LogP contribution in [0, 0.1) is 5.92 Å². The van der Waals surface area contributed by atoms with Gasteiger partial charge < -0.3 is 10.1 Å². The molecule has 2 atom stereocenters. The quantitative estimate of drug-likeness (QED) is 0.385. The van der Waals surface area contributed by atoms with Gasteiger partial charge in [-0.05, 0) is 30.4 Å². The van der Waals surface area contributed by atoms with E-state index in [1.165, 1.54) is 35.9 Å². The van der Waals surface area contributed by atoms with Gasteiger partial charge in [-0.2, -0.15) is 0 Å². The van der Waals surface area contributed by atoms with Gasteiger partial charge in [0.1, 0.15) is 4.83 Å². The molecule has 0 bridgehead atoms. The van der Waals surface area contributed by atoms with Gasteiger partial charge >= 0.3 is 0 Å². The summed E-state index contributed by atoms with van der Waals surface area (Å²) >= 11 is 2.83. The molecule has 1 N–H and O–H groups in total. The summed E-state index contributed by atoms with van der Waals surface area (Å²) in [5.74, 6) is 0.748. The highest BCUT2D eigenvalue weighted by molar-refractivity contribution is 7.99. The zero-order chi connectivity index (χ0) is 22.5. The number of nitrogens with zero attached hydrogens (tertiary/aromatic N) is 2. The number of amides is 1.